The van der Waals surface area contributed by atoms with Gasteiger partial charge in [0.1, 0.15) is 18.3 Å². The molecule has 120 valence electrons. The lowest BCUT2D eigenvalue weighted by atomic mass is 10.1. The van der Waals surface area contributed by atoms with Crippen LogP contribution in [0.1, 0.15) is 58.3 Å². The molecule has 0 amide bonds. The largest absolute Gasteiger partial charge is 0.388 e. The maximum Gasteiger partial charge on any atom is 0.186 e. The minimum atomic E-state index is -1.19. The normalized spacial score (nSPS) is 30.6. The van der Waals surface area contributed by atoms with Gasteiger partial charge in [0.2, 0.25) is 0 Å². The fourth-order valence-corrected chi connectivity index (χ4v) is 2.36. The molecule has 0 aliphatic carbocycles. The van der Waals surface area contributed by atoms with E-state index in [1.54, 1.807) is 0 Å². The number of aliphatic hydroxyl groups is 3. The van der Waals surface area contributed by atoms with Gasteiger partial charge in [0.05, 0.1) is 6.61 Å². The molecular formula is C15H30O5. The van der Waals surface area contributed by atoms with Crippen molar-refractivity contribution in [1.82, 2.24) is 0 Å². The molecule has 4 atom stereocenters. The number of rotatable bonds is 10. The first-order valence-corrected chi connectivity index (χ1v) is 7.94. The molecule has 0 aromatic carbocycles. The average molecular weight is 290 g/mol. The summed E-state index contributed by atoms with van der Waals surface area (Å²) in [5.74, 6) is 0. The summed E-state index contributed by atoms with van der Waals surface area (Å²) >= 11 is 0. The highest BCUT2D eigenvalue weighted by Crippen LogP contribution is 2.17. The summed E-state index contributed by atoms with van der Waals surface area (Å²) in [5.41, 5.74) is 0. The van der Waals surface area contributed by atoms with E-state index >= 15 is 0 Å². The Hall–Kier alpha value is -0.200. The van der Waals surface area contributed by atoms with Crippen LogP contribution in [0, 0.1) is 0 Å². The number of hydrogen-bond donors (Lipinski definition) is 3. The Labute approximate surface area is 121 Å². The van der Waals surface area contributed by atoms with Crippen molar-refractivity contribution in [3.63, 3.8) is 0 Å². The fraction of sp³-hybridized carbons (Fsp3) is 1.00. The second-order valence-electron chi connectivity index (χ2n) is 5.60. The van der Waals surface area contributed by atoms with E-state index in [0.29, 0.717) is 6.61 Å². The lowest BCUT2D eigenvalue weighted by Gasteiger charge is -2.34. The molecule has 0 aromatic rings. The van der Waals surface area contributed by atoms with Crippen LogP contribution in [0.2, 0.25) is 0 Å². The molecule has 5 nitrogen and oxygen atoms in total. The predicted molar refractivity (Wildman–Crippen MR) is 76.3 cm³/mol. The standard InChI is InChI=1S/C15H30O5/c1-2-3-4-5-6-7-8-9-10-19-15-14(18)13(17)12(16)11-20-15/h12-18H,2-11H2,1H3. The summed E-state index contributed by atoms with van der Waals surface area (Å²) in [7, 11) is 0. The Bertz CT molecular complexity index is 236. The smallest absolute Gasteiger partial charge is 0.186 e. The van der Waals surface area contributed by atoms with E-state index in [2.05, 4.69) is 6.92 Å². The molecule has 0 radical (unpaired) electrons. The van der Waals surface area contributed by atoms with Gasteiger partial charge >= 0.3 is 0 Å². The van der Waals surface area contributed by atoms with Crippen LogP contribution in [0.4, 0.5) is 0 Å². The van der Waals surface area contributed by atoms with Gasteiger partial charge in [-0.05, 0) is 6.42 Å². The van der Waals surface area contributed by atoms with E-state index in [0.717, 1.165) is 12.8 Å². The summed E-state index contributed by atoms with van der Waals surface area (Å²) < 4.78 is 10.6. The van der Waals surface area contributed by atoms with Crippen molar-refractivity contribution in [2.24, 2.45) is 0 Å². The fourth-order valence-electron chi connectivity index (χ4n) is 2.36. The Morgan fingerprint density at radius 3 is 2.15 bits per heavy atom. The van der Waals surface area contributed by atoms with Crippen LogP contribution in [-0.4, -0.2) is 53.1 Å². The highest BCUT2D eigenvalue weighted by atomic mass is 16.7. The molecule has 4 unspecified atom stereocenters. The third kappa shape index (κ3) is 6.50. The van der Waals surface area contributed by atoms with E-state index < -0.39 is 24.6 Å². The molecule has 0 saturated carbocycles. The minimum Gasteiger partial charge on any atom is -0.388 e. The van der Waals surface area contributed by atoms with Crippen LogP contribution < -0.4 is 0 Å². The second-order valence-corrected chi connectivity index (χ2v) is 5.60. The molecule has 1 aliphatic heterocycles. The van der Waals surface area contributed by atoms with Gasteiger partial charge < -0.3 is 24.8 Å². The first-order chi connectivity index (χ1) is 9.66. The van der Waals surface area contributed by atoms with E-state index in [-0.39, 0.29) is 6.61 Å². The van der Waals surface area contributed by atoms with Crippen LogP contribution in [0.15, 0.2) is 0 Å². The van der Waals surface area contributed by atoms with Gasteiger partial charge in [0, 0.05) is 6.61 Å². The molecular weight excluding hydrogens is 260 g/mol. The van der Waals surface area contributed by atoms with Gasteiger partial charge in [-0.1, -0.05) is 51.9 Å². The Morgan fingerprint density at radius 1 is 0.900 bits per heavy atom. The van der Waals surface area contributed by atoms with E-state index in [9.17, 15) is 15.3 Å². The molecule has 1 aliphatic rings. The number of unbranched alkanes of at least 4 members (excludes halogenated alkanes) is 7. The van der Waals surface area contributed by atoms with Crippen LogP contribution >= 0.6 is 0 Å². The van der Waals surface area contributed by atoms with Gasteiger partial charge in [0.15, 0.2) is 6.29 Å². The summed E-state index contributed by atoms with van der Waals surface area (Å²) in [4.78, 5) is 0. The zero-order chi connectivity index (χ0) is 14.8. The first kappa shape index (κ1) is 17.9. The summed E-state index contributed by atoms with van der Waals surface area (Å²) in [6.07, 6.45) is 5.55. The average Bonchev–Trinajstić information content (AvgIpc) is 2.45. The minimum absolute atomic E-state index is 0.000319. The topological polar surface area (TPSA) is 79.2 Å². The second kappa shape index (κ2) is 10.5. The van der Waals surface area contributed by atoms with Crippen molar-refractivity contribution in [2.45, 2.75) is 82.9 Å². The number of ether oxygens (including phenoxy) is 2. The monoisotopic (exact) mass is 290 g/mol. The Morgan fingerprint density at radius 2 is 1.50 bits per heavy atom. The first-order valence-electron chi connectivity index (χ1n) is 7.94. The zero-order valence-corrected chi connectivity index (χ0v) is 12.5. The molecule has 0 bridgehead atoms. The molecule has 5 heteroatoms. The quantitative estimate of drug-likeness (QED) is 0.532. The van der Waals surface area contributed by atoms with Crippen molar-refractivity contribution in [2.75, 3.05) is 13.2 Å². The molecule has 0 spiro atoms. The van der Waals surface area contributed by atoms with Gasteiger partial charge in [-0.25, -0.2) is 0 Å². The van der Waals surface area contributed by atoms with Crippen molar-refractivity contribution >= 4 is 0 Å². The third-order valence-corrected chi connectivity index (χ3v) is 3.73. The van der Waals surface area contributed by atoms with Crippen molar-refractivity contribution in [3.05, 3.63) is 0 Å². The van der Waals surface area contributed by atoms with Gasteiger partial charge in [0.25, 0.3) is 0 Å². The summed E-state index contributed by atoms with van der Waals surface area (Å²) in [5, 5.41) is 28.5. The lowest BCUT2D eigenvalue weighted by Crippen LogP contribution is -2.53. The molecule has 1 saturated heterocycles. The highest BCUT2D eigenvalue weighted by molar-refractivity contribution is 4.82. The van der Waals surface area contributed by atoms with E-state index in [1.165, 1.54) is 38.5 Å². The highest BCUT2D eigenvalue weighted by Gasteiger charge is 2.37. The SMILES string of the molecule is CCCCCCCCCCOC1OCC(O)C(O)C1O. The maximum atomic E-state index is 9.67. The number of aliphatic hydroxyl groups excluding tert-OH is 3. The Balaban J connectivity index is 1.96. The lowest BCUT2D eigenvalue weighted by molar-refractivity contribution is -0.270. The van der Waals surface area contributed by atoms with Gasteiger partial charge in [-0.15, -0.1) is 0 Å². The molecule has 1 fully saturated rings. The molecule has 20 heavy (non-hydrogen) atoms. The third-order valence-electron chi connectivity index (χ3n) is 3.73. The molecule has 0 aromatic heterocycles. The van der Waals surface area contributed by atoms with Crippen molar-refractivity contribution in [3.8, 4) is 0 Å². The van der Waals surface area contributed by atoms with Crippen molar-refractivity contribution < 1.29 is 24.8 Å². The predicted octanol–water partition coefficient (Wildman–Crippen LogP) is 1.58. The van der Waals surface area contributed by atoms with Crippen molar-refractivity contribution in [1.29, 1.82) is 0 Å². The zero-order valence-electron chi connectivity index (χ0n) is 12.5. The Kier molecular flexibility index (Phi) is 9.39. The summed E-state index contributed by atoms with van der Waals surface area (Å²) in [6.45, 7) is 2.73. The maximum absolute atomic E-state index is 9.67. The van der Waals surface area contributed by atoms with Crippen LogP contribution in [0.25, 0.3) is 0 Å². The van der Waals surface area contributed by atoms with Crippen LogP contribution in [0.5, 0.6) is 0 Å². The van der Waals surface area contributed by atoms with Gasteiger partial charge in [-0.3, -0.25) is 0 Å². The summed E-state index contributed by atoms with van der Waals surface area (Å²) in [6, 6.07) is 0. The molecule has 1 heterocycles. The van der Waals surface area contributed by atoms with E-state index in [1.807, 2.05) is 0 Å². The van der Waals surface area contributed by atoms with Crippen LogP contribution in [-0.2, 0) is 9.47 Å². The van der Waals surface area contributed by atoms with Crippen LogP contribution in [0.3, 0.4) is 0 Å². The molecule has 1 rings (SSSR count). The molecule has 3 N–H and O–H groups in total. The van der Waals surface area contributed by atoms with Gasteiger partial charge in [-0.2, -0.15) is 0 Å². The number of hydrogen-bond acceptors (Lipinski definition) is 5. The van der Waals surface area contributed by atoms with E-state index in [4.69, 9.17) is 9.47 Å².